The summed E-state index contributed by atoms with van der Waals surface area (Å²) < 4.78 is 0. The van der Waals surface area contributed by atoms with E-state index in [4.69, 9.17) is 0 Å². The van der Waals surface area contributed by atoms with Crippen molar-refractivity contribution in [3.8, 4) is 11.1 Å². The molecule has 0 bridgehead atoms. The Labute approximate surface area is 365 Å². The van der Waals surface area contributed by atoms with E-state index in [-0.39, 0.29) is 0 Å². The summed E-state index contributed by atoms with van der Waals surface area (Å²) in [7, 11) is 0. The Bertz CT molecular complexity index is 3290. The number of para-hydroxylation sites is 2. The Morgan fingerprint density at radius 3 is 1.52 bits per heavy atom. The van der Waals surface area contributed by atoms with Crippen molar-refractivity contribution in [1.82, 2.24) is 0 Å². The first-order chi connectivity index (χ1) is 30.4. The average molecular weight is 799 g/mol. The standard InChI is InChI=1S/C60H50N2/c1-37(2)51-35-57(61(41-19-7-5-8-20-41)55-27-15-25-45-43-23-13-11-17-39(43)33-53(45)55)49-32-30-48-52(38(3)4)36-58(50-31-29-47(51)59(49)60(48)50)62(42-21-9-6-10-22-42)56-28-16-26-46-44-24-14-12-18-40(44)34-54(46)56/h5-13,15-23,25-32,35-38H,14,24,33-34H2,1-4H3. The topological polar surface area (TPSA) is 6.48 Å². The molecule has 0 saturated carbocycles. The summed E-state index contributed by atoms with van der Waals surface area (Å²) >= 11 is 0. The number of hydrogen-bond acceptors (Lipinski definition) is 2. The van der Waals surface area contributed by atoms with E-state index in [9.17, 15) is 0 Å². The van der Waals surface area contributed by atoms with Gasteiger partial charge in [0.1, 0.15) is 0 Å². The van der Waals surface area contributed by atoms with E-state index in [0.717, 1.165) is 25.7 Å². The summed E-state index contributed by atoms with van der Waals surface area (Å²) in [5.41, 5.74) is 21.5. The second-order valence-electron chi connectivity index (χ2n) is 18.3. The van der Waals surface area contributed by atoms with E-state index in [1.54, 1.807) is 0 Å². The number of nitrogens with zero attached hydrogens (tertiary/aromatic N) is 2. The molecule has 0 unspecified atom stereocenters. The quantitative estimate of drug-likeness (QED) is 0.141. The van der Waals surface area contributed by atoms with Gasteiger partial charge in [-0.15, -0.1) is 0 Å². The smallest absolute Gasteiger partial charge is 0.0543 e. The molecule has 3 aliphatic rings. The van der Waals surface area contributed by atoms with Gasteiger partial charge in [-0.3, -0.25) is 0 Å². The van der Waals surface area contributed by atoms with E-state index in [0.29, 0.717) is 11.8 Å². The maximum atomic E-state index is 2.59. The summed E-state index contributed by atoms with van der Waals surface area (Å²) in [5, 5.41) is 7.97. The molecule has 9 aromatic carbocycles. The zero-order valence-electron chi connectivity index (χ0n) is 36.0. The fourth-order valence-corrected chi connectivity index (χ4v) is 11.3. The summed E-state index contributed by atoms with van der Waals surface area (Å²) in [6, 6.07) is 59.8. The number of hydrogen-bond donors (Lipinski definition) is 0. The van der Waals surface area contributed by atoms with Crippen LogP contribution >= 0.6 is 0 Å². The molecule has 0 spiro atoms. The van der Waals surface area contributed by atoms with Gasteiger partial charge < -0.3 is 9.80 Å². The minimum atomic E-state index is 0.311. The number of fused-ring (bicyclic) bond motifs is 5. The summed E-state index contributed by atoms with van der Waals surface area (Å²) in [4.78, 5) is 5.16. The molecule has 0 atom stereocenters. The lowest BCUT2D eigenvalue weighted by Crippen LogP contribution is -2.15. The molecule has 0 N–H and O–H groups in total. The lowest BCUT2D eigenvalue weighted by Gasteiger charge is -2.33. The van der Waals surface area contributed by atoms with Crippen molar-refractivity contribution in [2.24, 2.45) is 0 Å². The zero-order chi connectivity index (χ0) is 41.6. The predicted molar refractivity (Wildman–Crippen MR) is 265 cm³/mol. The van der Waals surface area contributed by atoms with Crippen LogP contribution < -0.4 is 9.80 Å². The number of benzene rings is 9. The van der Waals surface area contributed by atoms with Crippen molar-refractivity contribution >= 4 is 72.0 Å². The molecule has 12 rings (SSSR count). The Hall–Kier alpha value is -6.90. The number of rotatable bonds is 8. The summed E-state index contributed by atoms with van der Waals surface area (Å²) in [5.74, 6) is 0.626. The van der Waals surface area contributed by atoms with Crippen LogP contribution in [0.15, 0.2) is 175 Å². The van der Waals surface area contributed by atoms with Gasteiger partial charge in [0.15, 0.2) is 0 Å². The van der Waals surface area contributed by atoms with Gasteiger partial charge in [-0.05, 0) is 150 Å². The monoisotopic (exact) mass is 798 g/mol. The molecule has 2 nitrogen and oxygen atoms in total. The van der Waals surface area contributed by atoms with Crippen LogP contribution in [0.1, 0.15) is 85.8 Å². The van der Waals surface area contributed by atoms with E-state index in [2.05, 4.69) is 207 Å². The van der Waals surface area contributed by atoms with E-state index in [1.165, 1.54) is 122 Å². The number of allylic oxidation sites excluding steroid dienone is 4. The second-order valence-corrected chi connectivity index (χ2v) is 18.3. The second kappa shape index (κ2) is 14.4. The van der Waals surface area contributed by atoms with Crippen molar-refractivity contribution in [2.45, 2.75) is 65.2 Å². The molecule has 0 saturated heterocycles. The predicted octanol–water partition coefficient (Wildman–Crippen LogP) is 17.0. The third-order valence-electron chi connectivity index (χ3n) is 14.1. The first kappa shape index (κ1) is 36.9. The molecule has 0 aliphatic heterocycles. The van der Waals surface area contributed by atoms with Crippen molar-refractivity contribution in [3.63, 3.8) is 0 Å². The van der Waals surface area contributed by atoms with Crippen LogP contribution in [0, 0.1) is 0 Å². The Balaban J connectivity index is 1.17. The fourth-order valence-electron chi connectivity index (χ4n) is 11.3. The highest BCUT2D eigenvalue weighted by Crippen LogP contribution is 2.54. The SMILES string of the molecule is CC(C)c1cc(N(c2ccccc2)c2cccc3c2CC2=C3CCC=C2)c2ccc3c(C(C)C)cc(N(c4ccccc4)c4cccc5c4Cc4ccccc4-5)c4ccc1c2c34. The van der Waals surface area contributed by atoms with Crippen LogP contribution in [0.5, 0.6) is 0 Å². The Morgan fingerprint density at radius 1 is 0.435 bits per heavy atom. The molecule has 2 heteroatoms. The lowest BCUT2D eigenvalue weighted by molar-refractivity contribution is 0.875. The van der Waals surface area contributed by atoms with Gasteiger partial charge >= 0.3 is 0 Å². The summed E-state index contributed by atoms with van der Waals surface area (Å²) in [6.07, 6.45) is 8.85. The van der Waals surface area contributed by atoms with E-state index >= 15 is 0 Å². The molecular formula is C60H50N2. The largest absolute Gasteiger partial charge is 0.310 e. The third kappa shape index (κ3) is 5.55. The highest BCUT2D eigenvalue weighted by molar-refractivity contribution is 6.29. The van der Waals surface area contributed by atoms with Gasteiger partial charge in [0.2, 0.25) is 0 Å². The van der Waals surface area contributed by atoms with Gasteiger partial charge in [-0.25, -0.2) is 0 Å². The molecule has 0 radical (unpaired) electrons. The number of anilines is 6. The van der Waals surface area contributed by atoms with Gasteiger partial charge in [-0.2, -0.15) is 0 Å². The molecule has 0 fully saturated rings. The molecular weight excluding hydrogens is 749 g/mol. The normalized spacial score (nSPS) is 14.0. The van der Waals surface area contributed by atoms with E-state index in [1.807, 2.05) is 0 Å². The molecule has 0 amide bonds. The van der Waals surface area contributed by atoms with Crippen LogP contribution in [-0.2, 0) is 12.8 Å². The molecule has 300 valence electrons. The molecule has 9 aromatic rings. The molecule has 0 heterocycles. The fraction of sp³-hybridized carbons (Fsp3) is 0.167. The van der Waals surface area contributed by atoms with Crippen LogP contribution in [-0.4, -0.2) is 0 Å². The van der Waals surface area contributed by atoms with Crippen LogP contribution in [0.4, 0.5) is 34.1 Å². The highest BCUT2D eigenvalue weighted by atomic mass is 15.2. The van der Waals surface area contributed by atoms with Crippen LogP contribution in [0.25, 0.3) is 49.0 Å². The van der Waals surface area contributed by atoms with Gasteiger partial charge in [0, 0.05) is 35.0 Å². The lowest BCUT2D eigenvalue weighted by atomic mass is 9.84. The third-order valence-corrected chi connectivity index (χ3v) is 14.1. The van der Waals surface area contributed by atoms with Crippen LogP contribution in [0.3, 0.4) is 0 Å². The Morgan fingerprint density at radius 2 is 0.935 bits per heavy atom. The van der Waals surface area contributed by atoms with Gasteiger partial charge in [0.25, 0.3) is 0 Å². The van der Waals surface area contributed by atoms with Crippen molar-refractivity contribution < 1.29 is 0 Å². The molecule has 3 aliphatic carbocycles. The highest BCUT2D eigenvalue weighted by Gasteiger charge is 2.31. The van der Waals surface area contributed by atoms with Gasteiger partial charge in [0.05, 0.1) is 22.7 Å². The minimum Gasteiger partial charge on any atom is -0.310 e. The summed E-state index contributed by atoms with van der Waals surface area (Å²) in [6.45, 7) is 9.45. The minimum absolute atomic E-state index is 0.311. The Kier molecular flexibility index (Phi) is 8.54. The van der Waals surface area contributed by atoms with Crippen molar-refractivity contribution in [3.05, 3.63) is 209 Å². The van der Waals surface area contributed by atoms with Crippen LogP contribution in [0.2, 0.25) is 0 Å². The van der Waals surface area contributed by atoms with E-state index < -0.39 is 0 Å². The average Bonchev–Trinajstić information content (AvgIpc) is 3.89. The van der Waals surface area contributed by atoms with Crippen molar-refractivity contribution in [1.29, 1.82) is 0 Å². The molecule has 0 aromatic heterocycles. The molecule has 62 heavy (non-hydrogen) atoms. The maximum absolute atomic E-state index is 2.59. The first-order valence-corrected chi connectivity index (χ1v) is 22.6. The maximum Gasteiger partial charge on any atom is 0.0543 e. The van der Waals surface area contributed by atoms with Crippen molar-refractivity contribution in [2.75, 3.05) is 9.80 Å². The zero-order valence-corrected chi connectivity index (χ0v) is 36.0. The first-order valence-electron chi connectivity index (χ1n) is 22.6. The van der Waals surface area contributed by atoms with Gasteiger partial charge in [-0.1, -0.05) is 149 Å².